The van der Waals surface area contributed by atoms with E-state index >= 15 is 0 Å². The van der Waals surface area contributed by atoms with Crippen LogP contribution in [0.1, 0.15) is 0 Å². The summed E-state index contributed by atoms with van der Waals surface area (Å²) in [4.78, 5) is 20.1. The third-order valence-electron chi connectivity index (χ3n) is 4.01. The number of nitrogens with one attached hydrogen (secondary N) is 2. The Hall–Kier alpha value is -3.14. The van der Waals surface area contributed by atoms with Crippen LogP contribution in [-0.4, -0.2) is 17.0 Å². The molecule has 4 rings (SSSR count). The van der Waals surface area contributed by atoms with E-state index in [2.05, 4.69) is 15.3 Å². The fourth-order valence-corrected chi connectivity index (χ4v) is 2.86. The Morgan fingerprint density at radius 1 is 0.957 bits per heavy atom. The number of H-pyrrole nitrogens is 1. The summed E-state index contributed by atoms with van der Waals surface area (Å²) in [5, 5.41) is 5.29. The van der Waals surface area contributed by atoms with E-state index in [9.17, 15) is 4.79 Å². The first kappa shape index (κ1) is 13.5. The van der Waals surface area contributed by atoms with E-state index in [1.807, 2.05) is 67.7 Å². The summed E-state index contributed by atoms with van der Waals surface area (Å²) in [5.41, 5.74) is 3.45. The van der Waals surface area contributed by atoms with E-state index < -0.39 is 0 Å². The van der Waals surface area contributed by atoms with Crippen molar-refractivity contribution in [2.24, 2.45) is 0 Å². The quantitative estimate of drug-likeness (QED) is 0.554. The van der Waals surface area contributed by atoms with E-state index in [4.69, 9.17) is 0 Å². The third-order valence-corrected chi connectivity index (χ3v) is 4.01. The Morgan fingerprint density at radius 3 is 2.43 bits per heavy atom. The largest absolute Gasteiger partial charge is 0.388 e. The van der Waals surface area contributed by atoms with E-state index in [1.54, 1.807) is 0 Å². The van der Waals surface area contributed by atoms with Crippen LogP contribution in [0.25, 0.3) is 33.1 Å². The summed E-state index contributed by atoms with van der Waals surface area (Å²) in [6, 6.07) is 19.7. The van der Waals surface area contributed by atoms with Crippen molar-refractivity contribution in [1.82, 2.24) is 9.97 Å². The Balaban J connectivity index is 2.03. The molecule has 0 saturated heterocycles. The molecular weight excluding hydrogens is 286 g/mol. The number of benzene rings is 3. The van der Waals surface area contributed by atoms with Crippen molar-refractivity contribution in [3.63, 3.8) is 0 Å². The van der Waals surface area contributed by atoms with Crippen molar-refractivity contribution in [2.45, 2.75) is 0 Å². The number of aromatic amines is 1. The van der Waals surface area contributed by atoms with Gasteiger partial charge >= 0.3 is 0 Å². The fourth-order valence-electron chi connectivity index (χ4n) is 2.86. The number of hydrogen-bond donors (Lipinski definition) is 2. The van der Waals surface area contributed by atoms with Gasteiger partial charge in [0.25, 0.3) is 5.56 Å². The standard InChI is InChI=1S/C19H15N3O/c1-20-15-9-5-4-8-14(15)18-19(23)22-17-11-13-7-3-2-6-12(13)10-16(17)21-18/h2-11,20H,1H3,(H,22,23). The molecular formula is C19H15N3O. The molecule has 1 aromatic heterocycles. The van der Waals surface area contributed by atoms with Gasteiger partial charge in [-0.15, -0.1) is 0 Å². The lowest BCUT2D eigenvalue weighted by atomic mass is 10.1. The smallest absolute Gasteiger partial charge is 0.275 e. The van der Waals surface area contributed by atoms with Gasteiger partial charge in [0.2, 0.25) is 0 Å². The second-order valence-corrected chi connectivity index (χ2v) is 5.43. The molecule has 0 fully saturated rings. The fraction of sp³-hybridized carbons (Fsp3) is 0.0526. The van der Waals surface area contributed by atoms with E-state index in [-0.39, 0.29) is 5.56 Å². The molecule has 0 aliphatic carbocycles. The van der Waals surface area contributed by atoms with Crippen molar-refractivity contribution in [3.8, 4) is 11.3 Å². The zero-order chi connectivity index (χ0) is 15.8. The van der Waals surface area contributed by atoms with Crippen molar-refractivity contribution in [1.29, 1.82) is 0 Å². The summed E-state index contributed by atoms with van der Waals surface area (Å²) in [6.45, 7) is 0. The Bertz CT molecular complexity index is 1080. The first-order chi connectivity index (χ1) is 11.3. The number of para-hydroxylation sites is 1. The van der Waals surface area contributed by atoms with Gasteiger partial charge < -0.3 is 10.3 Å². The van der Waals surface area contributed by atoms with Gasteiger partial charge in [0, 0.05) is 18.3 Å². The van der Waals surface area contributed by atoms with Gasteiger partial charge in [0.05, 0.1) is 11.0 Å². The molecule has 1 heterocycles. The highest BCUT2D eigenvalue weighted by Crippen LogP contribution is 2.25. The molecule has 0 unspecified atom stereocenters. The molecule has 2 N–H and O–H groups in total. The molecule has 0 atom stereocenters. The minimum absolute atomic E-state index is 0.185. The summed E-state index contributed by atoms with van der Waals surface area (Å²) >= 11 is 0. The van der Waals surface area contributed by atoms with Gasteiger partial charge in [-0.05, 0) is 29.0 Å². The molecule has 4 aromatic rings. The Kier molecular flexibility index (Phi) is 3.08. The molecule has 3 aromatic carbocycles. The summed E-state index contributed by atoms with van der Waals surface area (Å²) in [5.74, 6) is 0. The number of nitrogens with zero attached hydrogens (tertiary/aromatic N) is 1. The number of hydrogen-bond acceptors (Lipinski definition) is 3. The van der Waals surface area contributed by atoms with Crippen LogP contribution in [0.15, 0.2) is 65.5 Å². The Morgan fingerprint density at radius 2 is 1.65 bits per heavy atom. The lowest BCUT2D eigenvalue weighted by molar-refractivity contribution is 1.22. The second-order valence-electron chi connectivity index (χ2n) is 5.43. The lowest BCUT2D eigenvalue weighted by Gasteiger charge is -2.09. The first-order valence-corrected chi connectivity index (χ1v) is 7.46. The van der Waals surface area contributed by atoms with Crippen LogP contribution >= 0.6 is 0 Å². The molecule has 0 bridgehead atoms. The highest BCUT2D eigenvalue weighted by atomic mass is 16.1. The van der Waals surface area contributed by atoms with E-state index in [0.29, 0.717) is 5.69 Å². The topological polar surface area (TPSA) is 57.8 Å². The van der Waals surface area contributed by atoms with Crippen LogP contribution in [0, 0.1) is 0 Å². The van der Waals surface area contributed by atoms with Crippen LogP contribution in [0.5, 0.6) is 0 Å². The van der Waals surface area contributed by atoms with Crippen LogP contribution in [0.2, 0.25) is 0 Å². The highest BCUT2D eigenvalue weighted by Gasteiger charge is 2.11. The number of aromatic nitrogens is 2. The van der Waals surface area contributed by atoms with Gasteiger partial charge in [-0.1, -0.05) is 42.5 Å². The van der Waals surface area contributed by atoms with E-state index in [1.165, 1.54) is 0 Å². The van der Waals surface area contributed by atoms with Gasteiger partial charge in [-0.2, -0.15) is 0 Å². The van der Waals surface area contributed by atoms with Crippen LogP contribution in [0.3, 0.4) is 0 Å². The summed E-state index contributed by atoms with van der Waals surface area (Å²) in [7, 11) is 1.83. The van der Waals surface area contributed by atoms with Crippen molar-refractivity contribution < 1.29 is 0 Å². The van der Waals surface area contributed by atoms with Crippen molar-refractivity contribution in [3.05, 3.63) is 71.0 Å². The maximum Gasteiger partial charge on any atom is 0.275 e. The minimum Gasteiger partial charge on any atom is -0.388 e. The predicted molar refractivity (Wildman–Crippen MR) is 94.9 cm³/mol. The van der Waals surface area contributed by atoms with Crippen molar-refractivity contribution >= 4 is 27.5 Å². The lowest BCUT2D eigenvalue weighted by Crippen LogP contribution is -2.12. The first-order valence-electron chi connectivity index (χ1n) is 7.46. The van der Waals surface area contributed by atoms with Gasteiger partial charge in [0.15, 0.2) is 0 Å². The molecule has 23 heavy (non-hydrogen) atoms. The molecule has 4 nitrogen and oxygen atoms in total. The maximum absolute atomic E-state index is 12.5. The molecule has 0 aliphatic rings. The van der Waals surface area contributed by atoms with E-state index in [0.717, 1.165) is 33.1 Å². The third kappa shape index (κ3) is 2.25. The molecule has 4 heteroatoms. The molecule has 0 aliphatic heterocycles. The van der Waals surface area contributed by atoms with Crippen LogP contribution in [0.4, 0.5) is 5.69 Å². The summed E-state index contributed by atoms with van der Waals surface area (Å²) in [6.07, 6.45) is 0. The number of anilines is 1. The molecule has 0 amide bonds. The zero-order valence-corrected chi connectivity index (χ0v) is 12.6. The molecule has 112 valence electrons. The van der Waals surface area contributed by atoms with Crippen molar-refractivity contribution in [2.75, 3.05) is 12.4 Å². The van der Waals surface area contributed by atoms with Crippen LogP contribution in [-0.2, 0) is 0 Å². The summed E-state index contributed by atoms with van der Waals surface area (Å²) < 4.78 is 0. The average molecular weight is 301 g/mol. The Labute approximate surface area is 132 Å². The molecule has 0 spiro atoms. The van der Waals surface area contributed by atoms with Gasteiger partial charge in [0.1, 0.15) is 5.69 Å². The second kappa shape index (κ2) is 5.25. The minimum atomic E-state index is -0.185. The monoisotopic (exact) mass is 301 g/mol. The van der Waals surface area contributed by atoms with Crippen LogP contribution < -0.4 is 10.9 Å². The molecule has 0 radical (unpaired) electrons. The number of fused-ring (bicyclic) bond motifs is 2. The maximum atomic E-state index is 12.5. The van der Waals surface area contributed by atoms with Gasteiger partial charge in [-0.3, -0.25) is 4.79 Å². The van der Waals surface area contributed by atoms with Gasteiger partial charge in [-0.25, -0.2) is 4.98 Å². The highest BCUT2D eigenvalue weighted by molar-refractivity contribution is 5.95. The number of rotatable bonds is 2. The molecule has 0 saturated carbocycles. The average Bonchev–Trinajstić information content (AvgIpc) is 2.59. The SMILES string of the molecule is CNc1ccccc1-c1nc2cc3ccccc3cc2[nH]c1=O. The predicted octanol–water partition coefficient (Wildman–Crippen LogP) is 3.79. The normalized spacial score (nSPS) is 11.0. The zero-order valence-electron chi connectivity index (χ0n) is 12.6.